The molecule has 1 aromatic heterocycles. The van der Waals surface area contributed by atoms with Crippen LogP contribution in [-0.4, -0.2) is 21.2 Å². The number of hydrogen-bond donors (Lipinski definition) is 3. The molecule has 1 rings (SSSR count). The van der Waals surface area contributed by atoms with Gasteiger partial charge in [0.1, 0.15) is 5.69 Å². The summed E-state index contributed by atoms with van der Waals surface area (Å²) in [6.45, 7) is 3.35. The van der Waals surface area contributed by atoms with Crippen molar-refractivity contribution in [2.45, 2.75) is 20.5 Å². The molecule has 0 amide bonds. The van der Waals surface area contributed by atoms with Crippen molar-refractivity contribution < 1.29 is 15.0 Å². The molecule has 0 spiro atoms. The number of carbonyl (C=O) groups is 1. The molecule has 1 heterocycles. The highest BCUT2D eigenvalue weighted by molar-refractivity contribution is 5.88. The van der Waals surface area contributed by atoms with Gasteiger partial charge in [-0.05, 0) is 25.0 Å². The third-order valence-electron chi connectivity index (χ3n) is 2.04. The van der Waals surface area contributed by atoms with Crippen molar-refractivity contribution in [3.63, 3.8) is 0 Å². The molecule has 0 aliphatic rings. The van der Waals surface area contributed by atoms with E-state index in [1.165, 1.54) is 0 Å². The highest BCUT2D eigenvalue weighted by atomic mass is 16.4. The van der Waals surface area contributed by atoms with Gasteiger partial charge < -0.3 is 15.2 Å². The van der Waals surface area contributed by atoms with Crippen LogP contribution in [0.1, 0.15) is 27.3 Å². The van der Waals surface area contributed by atoms with Gasteiger partial charge in [0.15, 0.2) is 0 Å². The number of aliphatic hydroxyl groups is 1. The molecule has 4 heteroatoms. The Bertz CT molecular complexity index is 314. The molecule has 0 aromatic carbocycles. The number of carboxylic acids is 1. The van der Waals surface area contributed by atoms with Crippen molar-refractivity contribution in [1.82, 2.24) is 4.98 Å². The van der Waals surface area contributed by atoms with E-state index in [1.807, 2.05) is 0 Å². The molecule has 1 aromatic rings. The van der Waals surface area contributed by atoms with Gasteiger partial charge in [-0.1, -0.05) is 0 Å². The molecule has 0 saturated carbocycles. The van der Waals surface area contributed by atoms with E-state index in [4.69, 9.17) is 10.2 Å². The van der Waals surface area contributed by atoms with Crippen molar-refractivity contribution in [1.29, 1.82) is 0 Å². The summed E-state index contributed by atoms with van der Waals surface area (Å²) < 4.78 is 0. The van der Waals surface area contributed by atoms with E-state index in [1.54, 1.807) is 13.8 Å². The Hall–Kier alpha value is -1.29. The molecule has 0 saturated heterocycles. The maximum Gasteiger partial charge on any atom is 0.352 e. The van der Waals surface area contributed by atoms with E-state index >= 15 is 0 Å². The minimum atomic E-state index is -0.990. The van der Waals surface area contributed by atoms with Crippen LogP contribution in [0, 0.1) is 13.8 Å². The number of H-pyrrole nitrogens is 1. The Kier molecular flexibility index (Phi) is 2.19. The normalized spacial score (nSPS) is 10.2. The first kappa shape index (κ1) is 8.80. The minimum absolute atomic E-state index is 0.153. The Balaban J connectivity index is 3.25. The number of aliphatic hydroxyl groups excluding tert-OH is 1. The number of hydrogen-bond acceptors (Lipinski definition) is 2. The Morgan fingerprint density at radius 3 is 2.25 bits per heavy atom. The molecule has 0 radical (unpaired) electrons. The molecule has 0 atom stereocenters. The molecule has 0 bridgehead atoms. The largest absolute Gasteiger partial charge is 0.477 e. The van der Waals surface area contributed by atoms with Crippen LogP contribution < -0.4 is 0 Å². The minimum Gasteiger partial charge on any atom is -0.477 e. The molecule has 0 fully saturated rings. The van der Waals surface area contributed by atoms with Gasteiger partial charge in [0.2, 0.25) is 0 Å². The zero-order valence-corrected chi connectivity index (χ0v) is 7.01. The van der Waals surface area contributed by atoms with Crippen LogP contribution >= 0.6 is 0 Å². The lowest BCUT2D eigenvalue weighted by Crippen LogP contribution is -1.98. The fourth-order valence-electron chi connectivity index (χ4n) is 1.12. The second-order valence-electron chi connectivity index (χ2n) is 2.69. The fourth-order valence-corrected chi connectivity index (χ4v) is 1.12. The van der Waals surface area contributed by atoms with Gasteiger partial charge in [-0.2, -0.15) is 0 Å². The van der Waals surface area contributed by atoms with Crippen molar-refractivity contribution in [3.8, 4) is 0 Å². The van der Waals surface area contributed by atoms with Crippen LogP contribution in [0.15, 0.2) is 0 Å². The van der Waals surface area contributed by atoms with Crippen molar-refractivity contribution >= 4 is 5.97 Å². The van der Waals surface area contributed by atoms with Crippen LogP contribution in [0.5, 0.6) is 0 Å². The second kappa shape index (κ2) is 2.98. The summed E-state index contributed by atoms with van der Waals surface area (Å²) in [5.41, 5.74) is 2.24. The van der Waals surface area contributed by atoms with E-state index < -0.39 is 5.97 Å². The zero-order valence-electron chi connectivity index (χ0n) is 7.01. The summed E-state index contributed by atoms with van der Waals surface area (Å²) in [5, 5.41) is 17.5. The van der Waals surface area contributed by atoms with Crippen LogP contribution in [0.2, 0.25) is 0 Å². The van der Waals surface area contributed by atoms with Gasteiger partial charge in [0.25, 0.3) is 0 Å². The van der Waals surface area contributed by atoms with Crippen molar-refractivity contribution in [2.24, 2.45) is 0 Å². The van der Waals surface area contributed by atoms with Crippen LogP contribution in [-0.2, 0) is 6.61 Å². The van der Waals surface area contributed by atoms with Gasteiger partial charge in [0.05, 0.1) is 6.61 Å². The molecule has 0 unspecified atom stereocenters. The average molecular weight is 169 g/mol. The van der Waals surface area contributed by atoms with E-state index in [9.17, 15) is 4.79 Å². The lowest BCUT2D eigenvalue weighted by Gasteiger charge is -1.91. The maximum atomic E-state index is 10.6. The number of carboxylic acid groups (broad SMARTS) is 1. The summed E-state index contributed by atoms with van der Waals surface area (Å²) in [6.07, 6.45) is 0. The van der Waals surface area contributed by atoms with Gasteiger partial charge >= 0.3 is 5.97 Å². The Labute approximate surface area is 69.9 Å². The lowest BCUT2D eigenvalue weighted by molar-refractivity contribution is 0.0690. The van der Waals surface area contributed by atoms with E-state index in [0.29, 0.717) is 11.3 Å². The summed E-state index contributed by atoms with van der Waals surface area (Å²) >= 11 is 0. The first-order chi connectivity index (χ1) is 5.57. The predicted molar refractivity (Wildman–Crippen MR) is 43.1 cm³/mol. The number of aromatic amines is 1. The molecular weight excluding hydrogens is 158 g/mol. The highest BCUT2D eigenvalue weighted by Gasteiger charge is 2.14. The molecule has 12 heavy (non-hydrogen) atoms. The molecule has 3 N–H and O–H groups in total. The summed E-state index contributed by atoms with van der Waals surface area (Å²) in [6, 6.07) is 0. The number of rotatable bonds is 2. The molecular formula is C8H11NO3. The number of nitrogens with one attached hydrogen (secondary N) is 1. The van der Waals surface area contributed by atoms with Crippen LogP contribution in [0.3, 0.4) is 0 Å². The Morgan fingerprint density at radius 1 is 1.42 bits per heavy atom. The quantitative estimate of drug-likeness (QED) is 0.613. The predicted octanol–water partition coefficient (Wildman–Crippen LogP) is 0.822. The summed E-state index contributed by atoms with van der Waals surface area (Å²) in [4.78, 5) is 13.2. The van der Waals surface area contributed by atoms with Crippen LogP contribution in [0.25, 0.3) is 0 Å². The standard InChI is InChI=1S/C8H11NO3/c1-4-5(2)7(8(11)12)9-6(4)3-10/h9-10H,3H2,1-2H3,(H,11,12). The maximum absolute atomic E-state index is 10.6. The molecule has 4 nitrogen and oxygen atoms in total. The van der Waals surface area contributed by atoms with E-state index in [2.05, 4.69) is 4.98 Å². The first-order valence-corrected chi connectivity index (χ1v) is 3.60. The topological polar surface area (TPSA) is 73.3 Å². The lowest BCUT2D eigenvalue weighted by atomic mass is 10.1. The zero-order chi connectivity index (χ0) is 9.30. The van der Waals surface area contributed by atoms with E-state index in [0.717, 1.165) is 5.56 Å². The highest BCUT2D eigenvalue weighted by Crippen LogP contribution is 2.16. The van der Waals surface area contributed by atoms with Gasteiger partial charge in [-0.25, -0.2) is 4.79 Å². The monoisotopic (exact) mass is 169 g/mol. The molecule has 0 aliphatic carbocycles. The number of aromatic carboxylic acids is 1. The SMILES string of the molecule is Cc1c(CO)[nH]c(C(=O)O)c1C. The second-order valence-corrected chi connectivity index (χ2v) is 2.69. The van der Waals surface area contributed by atoms with Crippen molar-refractivity contribution in [2.75, 3.05) is 0 Å². The van der Waals surface area contributed by atoms with Gasteiger partial charge in [-0.15, -0.1) is 0 Å². The third kappa shape index (κ3) is 1.21. The van der Waals surface area contributed by atoms with Gasteiger partial charge in [-0.3, -0.25) is 0 Å². The smallest absolute Gasteiger partial charge is 0.352 e. The fraction of sp³-hybridized carbons (Fsp3) is 0.375. The Morgan fingerprint density at radius 2 is 2.00 bits per heavy atom. The van der Waals surface area contributed by atoms with E-state index in [-0.39, 0.29) is 12.3 Å². The number of aromatic nitrogens is 1. The summed E-state index contributed by atoms with van der Waals surface area (Å²) in [5.74, 6) is -0.990. The molecule has 66 valence electrons. The first-order valence-electron chi connectivity index (χ1n) is 3.60. The van der Waals surface area contributed by atoms with Crippen molar-refractivity contribution in [3.05, 3.63) is 22.5 Å². The average Bonchev–Trinajstić information content (AvgIpc) is 2.30. The van der Waals surface area contributed by atoms with Crippen LogP contribution in [0.4, 0.5) is 0 Å². The summed E-state index contributed by atoms with van der Waals surface area (Å²) in [7, 11) is 0. The third-order valence-corrected chi connectivity index (χ3v) is 2.04. The van der Waals surface area contributed by atoms with Gasteiger partial charge in [0, 0.05) is 5.69 Å². The molecule has 0 aliphatic heterocycles.